The minimum Gasteiger partial charge on any atom is -0.355 e. The van der Waals surface area contributed by atoms with Gasteiger partial charge >= 0.3 is 9.05 Å². The molecule has 0 heterocycles. The summed E-state index contributed by atoms with van der Waals surface area (Å²) < 4.78 is 21.3. The van der Waals surface area contributed by atoms with E-state index in [4.69, 9.17) is 17.7 Å². The lowest BCUT2D eigenvalue weighted by Crippen LogP contribution is -2.48. The maximum Gasteiger partial charge on any atom is 0.679 e. The first-order chi connectivity index (χ1) is 8.65. The van der Waals surface area contributed by atoms with Crippen molar-refractivity contribution < 1.29 is 17.7 Å². The van der Waals surface area contributed by atoms with Crippen LogP contribution in [0.4, 0.5) is 0 Å². The monoisotopic (exact) mass is 268 g/mol. The lowest BCUT2D eigenvalue weighted by Gasteiger charge is -2.25. The molecule has 1 aromatic carbocycles. The molecule has 4 nitrogen and oxygen atoms in total. The van der Waals surface area contributed by atoms with Crippen LogP contribution in [0.25, 0.3) is 6.08 Å². The average Bonchev–Trinajstić information content (AvgIpc) is 2.44. The molecule has 0 fully saturated rings. The largest absolute Gasteiger partial charge is 0.679 e. The molecule has 0 saturated carbocycles. The number of rotatable bonds is 7. The molecule has 0 saturated heterocycles. The van der Waals surface area contributed by atoms with Crippen molar-refractivity contribution in [2.45, 2.75) is 13.0 Å². The molecule has 1 atom stereocenters. The average molecular weight is 268 g/mol. The van der Waals surface area contributed by atoms with Gasteiger partial charge in [-0.25, -0.2) is 0 Å². The third-order valence-electron chi connectivity index (χ3n) is 2.44. The van der Waals surface area contributed by atoms with Crippen molar-refractivity contribution in [3.8, 4) is 0 Å². The van der Waals surface area contributed by atoms with Crippen LogP contribution in [-0.2, 0) is 17.7 Å². The van der Waals surface area contributed by atoms with Crippen molar-refractivity contribution >= 4 is 15.1 Å². The molecule has 0 radical (unpaired) electrons. The van der Waals surface area contributed by atoms with Gasteiger partial charge in [0.05, 0.1) is 6.10 Å². The van der Waals surface area contributed by atoms with E-state index < -0.39 is 9.05 Å². The van der Waals surface area contributed by atoms with Gasteiger partial charge in [-0.05, 0) is 12.5 Å². The summed E-state index contributed by atoms with van der Waals surface area (Å²) in [5.41, 5.74) is 1.12. The number of hydrogen-bond donors (Lipinski definition) is 0. The summed E-state index contributed by atoms with van der Waals surface area (Å²) in [6, 6.07) is 10.0. The first-order valence-corrected chi connectivity index (χ1v) is 7.35. The summed E-state index contributed by atoms with van der Waals surface area (Å²) in [4.78, 5) is 0. The standard InChI is InChI=1S/C13H20O4Si/c1-12(17-18(14-2,15-3)16-4)10-11-13-8-6-5-7-9-13/h5-12H,1-4H3. The smallest absolute Gasteiger partial charge is 0.355 e. The van der Waals surface area contributed by atoms with Crippen LogP contribution in [0, 0.1) is 0 Å². The molecule has 1 rings (SSSR count). The van der Waals surface area contributed by atoms with Gasteiger partial charge in [0.25, 0.3) is 0 Å². The molecule has 18 heavy (non-hydrogen) atoms. The van der Waals surface area contributed by atoms with Gasteiger partial charge in [-0.3, -0.25) is 0 Å². The third kappa shape index (κ3) is 4.36. The van der Waals surface area contributed by atoms with Crippen LogP contribution in [-0.4, -0.2) is 36.5 Å². The van der Waals surface area contributed by atoms with E-state index in [2.05, 4.69) is 0 Å². The van der Waals surface area contributed by atoms with Crippen molar-refractivity contribution in [2.24, 2.45) is 0 Å². The van der Waals surface area contributed by atoms with E-state index in [1.807, 2.05) is 49.4 Å². The topological polar surface area (TPSA) is 36.9 Å². The van der Waals surface area contributed by atoms with E-state index in [0.29, 0.717) is 0 Å². The predicted octanol–water partition coefficient (Wildman–Crippen LogP) is 2.48. The van der Waals surface area contributed by atoms with Crippen LogP contribution < -0.4 is 0 Å². The Morgan fingerprint density at radius 3 is 2.06 bits per heavy atom. The van der Waals surface area contributed by atoms with E-state index in [-0.39, 0.29) is 6.10 Å². The maximum absolute atomic E-state index is 5.69. The summed E-state index contributed by atoms with van der Waals surface area (Å²) in [5.74, 6) is 0. The molecule has 5 heteroatoms. The molecule has 0 aromatic heterocycles. The normalized spacial score (nSPS) is 14.0. The summed E-state index contributed by atoms with van der Waals surface area (Å²) in [6.07, 6.45) is 3.77. The SMILES string of the molecule is CO[Si](OC)(OC)OC(C)C=Cc1ccccc1. The van der Waals surface area contributed by atoms with Crippen LogP contribution in [0.15, 0.2) is 36.4 Å². The first-order valence-electron chi connectivity index (χ1n) is 5.72. The fourth-order valence-electron chi connectivity index (χ4n) is 1.47. The van der Waals surface area contributed by atoms with E-state index in [9.17, 15) is 0 Å². The molecule has 1 aromatic rings. The Hall–Kier alpha value is -0.983. The van der Waals surface area contributed by atoms with Gasteiger partial charge in [0.1, 0.15) is 0 Å². The third-order valence-corrected chi connectivity index (χ3v) is 4.60. The second-order valence-corrected chi connectivity index (χ2v) is 6.17. The minimum atomic E-state index is -2.97. The molecule has 0 spiro atoms. The van der Waals surface area contributed by atoms with E-state index >= 15 is 0 Å². The zero-order chi connectivity index (χ0) is 13.4. The highest BCUT2D eigenvalue weighted by Gasteiger charge is 2.43. The highest BCUT2D eigenvalue weighted by atomic mass is 28.4. The Labute approximate surface area is 110 Å². The minimum absolute atomic E-state index is 0.156. The van der Waals surface area contributed by atoms with Crippen molar-refractivity contribution in [2.75, 3.05) is 21.3 Å². The van der Waals surface area contributed by atoms with Gasteiger partial charge < -0.3 is 17.7 Å². The lowest BCUT2D eigenvalue weighted by atomic mass is 10.2. The second kappa shape index (κ2) is 7.45. The van der Waals surface area contributed by atoms with E-state index in [1.165, 1.54) is 21.3 Å². The van der Waals surface area contributed by atoms with Gasteiger partial charge in [0, 0.05) is 21.3 Å². The summed E-state index contributed by atoms with van der Waals surface area (Å²) >= 11 is 0. The van der Waals surface area contributed by atoms with Crippen molar-refractivity contribution in [3.63, 3.8) is 0 Å². The van der Waals surface area contributed by atoms with Gasteiger partial charge in [-0.1, -0.05) is 42.5 Å². The van der Waals surface area contributed by atoms with Crippen LogP contribution in [0.3, 0.4) is 0 Å². The van der Waals surface area contributed by atoms with E-state index in [0.717, 1.165) is 5.56 Å². The highest BCUT2D eigenvalue weighted by Crippen LogP contribution is 2.13. The summed E-state index contributed by atoms with van der Waals surface area (Å²) in [6.45, 7) is 1.91. The second-order valence-electron chi connectivity index (χ2n) is 3.71. The fraction of sp³-hybridized carbons (Fsp3) is 0.385. The van der Waals surface area contributed by atoms with Gasteiger partial charge in [-0.15, -0.1) is 0 Å². The van der Waals surface area contributed by atoms with Gasteiger partial charge in [0.2, 0.25) is 0 Å². The fourth-order valence-corrected chi connectivity index (χ4v) is 2.79. The predicted molar refractivity (Wildman–Crippen MR) is 72.8 cm³/mol. The Balaban J connectivity index is 2.60. The van der Waals surface area contributed by atoms with Gasteiger partial charge in [0.15, 0.2) is 0 Å². The molecule has 0 bridgehead atoms. The molecular weight excluding hydrogens is 248 g/mol. The molecular formula is C13H20O4Si. The molecule has 0 amide bonds. The van der Waals surface area contributed by atoms with Crippen LogP contribution in [0.5, 0.6) is 0 Å². The maximum atomic E-state index is 5.69. The van der Waals surface area contributed by atoms with Crippen molar-refractivity contribution in [1.29, 1.82) is 0 Å². The molecule has 0 aliphatic carbocycles. The Morgan fingerprint density at radius 1 is 1.00 bits per heavy atom. The van der Waals surface area contributed by atoms with Crippen LogP contribution in [0.1, 0.15) is 12.5 Å². The number of benzene rings is 1. The molecule has 100 valence electrons. The molecule has 0 aliphatic rings. The quantitative estimate of drug-likeness (QED) is 0.712. The molecule has 1 unspecified atom stereocenters. The van der Waals surface area contributed by atoms with Crippen molar-refractivity contribution in [3.05, 3.63) is 42.0 Å². The van der Waals surface area contributed by atoms with Crippen molar-refractivity contribution in [1.82, 2.24) is 0 Å². The molecule has 0 N–H and O–H groups in total. The summed E-state index contributed by atoms with van der Waals surface area (Å²) in [7, 11) is 1.59. The highest BCUT2D eigenvalue weighted by molar-refractivity contribution is 6.53. The Kier molecular flexibility index (Phi) is 6.24. The molecule has 0 aliphatic heterocycles. The first kappa shape index (κ1) is 15.1. The van der Waals surface area contributed by atoms with Crippen LogP contribution >= 0.6 is 0 Å². The van der Waals surface area contributed by atoms with Gasteiger partial charge in [-0.2, -0.15) is 0 Å². The lowest BCUT2D eigenvalue weighted by molar-refractivity contribution is -0.00622. The Morgan fingerprint density at radius 2 is 1.56 bits per heavy atom. The zero-order valence-corrected chi connectivity index (χ0v) is 12.3. The Bertz CT molecular complexity index is 354. The zero-order valence-electron chi connectivity index (χ0n) is 11.3. The number of hydrogen-bond acceptors (Lipinski definition) is 4. The van der Waals surface area contributed by atoms with Crippen LogP contribution in [0.2, 0.25) is 0 Å². The summed E-state index contributed by atoms with van der Waals surface area (Å²) in [5, 5.41) is 0. The van der Waals surface area contributed by atoms with E-state index in [1.54, 1.807) is 0 Å².